The van der Waals surface area contributed by atoms with Gasteiger partial charge in [0.25, 0.3) is 5.91 Å². The van der Waals surface area contributed by atoms with E-state index in [0.717, 1.165) is 5.56 Å². The summed E-state index contributed by atoms with van der Waals surface area (Å²) in [5.41, 5.74) is 7.17. The Balaban J connectivity index is 2.28. The summed E-state index contributed by atoms with van der Waals surface area (Å²) < 4.78 is 7.18. The number of nitrogens with zero attached hydrogens (tertiary/aromatic N) is 2. The molecule has 0 spiro atoms. The SMILES string of the molecule is Cc1nn(C)c(Oc2ccc(CCO)cc2)c1C(N)=O. The maximum atomic E-state index is 11.4. The molecule has 1 aromatic heterocycles. The maximum Gasteiger partial charge on any atom is 0.256 e. The lowest BCUT2D eigenvalue weighted by Crippen LogP contribution is -2.13. The average molecular weight is 275 g/mol. The van der Waals surface area contributed by atoms with Crippen molar-refractivity contribution in [3.8, 4) is 11.6 Å². The molecule has 2 rings (SSSR count). The number of ether oxygens (including phenoxy) is 1. The molecule has 0 aliphatic heterocycles. The van der Waals surface area contributed by atoms with Crippen LogP contribution in [-0.4, -0.2) is 27.4 Å². The van der Waals surface area contributed by atoms with Crippen molar-refractivity contribution >= 4 is 5.91 Å². The van der Waals surface area contributed by atoms with Gasteiger partial charge < -0.3 is 15.6 Å². The van der Waals surface area contributed by atoms with Crippen molar-refractivity contribution in [3.05, 3.63) is 41.1 Å². The molecule has 0 unspecified atom stereocenters. The van der Waals surface area contributed by atoms with Crippen molar-refractivity contribution in [3.63, 3.8) is 0 Å². The van der Waals surface area contributed by atoms with Crippen molar-refractivity contribution in [2.45, 2.75) is 13.3 Å². The van der Waals surface area contributed by atoms with Crippen LogP contribution in [-0.2, 0) is 13.5 Å². The monoisotopic (exact) mass is 275 g/mol. The van der Waals surface area contributed by atoms with E-state index in [0.29, 0.717) is 23.7 Å². The molecule has 6 heteroatoms. The summed E-state index contributed by atoms with van der Waals surface area (Å²) in [4.78, 5) is 11.4. The average Bonchev–Trinajstić information content (AvgIpc) is 2.67. The Morgan fingerprint density at radius 2 is 2.05 bits per heavy atom. The van der Waals surface area contributed by atoms with Gasteiger partial charge in [0.15, 0.2) is 0 Å². The van der Waals surface area contributed by atoms with Crippen LogP contribution < -0.4 is 10.5 Å². The van der Waals surface area contributed by atoms with E-state index in [1.54, 1.807) is 26.1 Å². The second-order valence-electron chi connectivity index (χ2n) is 4.47. The molecule has 1 aromatic carbocycles. The minimum atomic E-state index is -0.567. The molecular formula is C14H17N3O3. The van der Waals surface area contributed by atoms with E-state index < -0.39 is 5.91 Å². The topological polar surface area (TPSA) is 90.4 Å². The molecule has 0 atom stereocenters. The number of carbonyl (C=O) groups excluding carboxylic acids is 1. The number of aliphatic hydroxyl groups is 1. The molecule has 0 aliphatic carbocycles. The van der Waals surface area contributed by atoms with E-state index in [2.05, 4.69) is 5.10 Å². The van der Waals surface area contributed by atoms with Gasteiger partial charge >= 0.3 is 0 Å². The predicted octanol–water partition coefficient (Wildman–Crippen LogP) is 1.15. The zero-order chi connectivity index (χ0) is 14.7. The van der Waals surface area contributed by atoms with Crippen LogP contribution in [0, 0.1) is 6.92 Å². The quantitative estimate of drug-likeness (QED) is 0.856. The van der Waals surface area contributed by atoms with E-state index in [1.165, 1.54) is 4.68 Å². The summed E-state index contributed by atoms with van der Waals surface area (Å²) in [7, 11) is 1.69. The van der Waals surface area contributed by atoms with Crippen molar-refractivity contribution in [2.24, 2.45) is 12.8 Å². The fourth-order valence-corrected chi connectivity index (χ4v) is 2.00. The van der Waals surface area contributed by atoms with Crippen LogP contribution in [0.3, 0.4) is 0 Å². The predicted molar refractivity (Wildman–Crippen MR) is 73.8 cm³/mol. The lowest BCUT2D eigenvalue weighted by atomic mass is 10.1. The zero-order valence-electron chi connectivity index (χ0n) is 11.5. The largest absolute Gasteiger partial charge is 0.438 e. The number of rotatable bonds is 5. The first-order valence-electron chi connectivity index (χ1n) is 6.24. The molecule has 0 saturated heterocycles. The van der Waals surface area contributed by atoms with Crippen molar-refractivity contribution in [1.82, 2.24) is 9.78 Å². The zero-order valence-corrected chi connectivity index (χ0v) is 11.5. The summed E-state index contributed by atoms with van der Waals surface area (Å²) in [5.74, 6) is 0.338. The van der Waals surface area contributed by atoms with E-state index in [4.69, 9.17) is 15.6 Å². The number of hydrogen-bond donors (Lipinski definition) is 2. The summed E-state index contributed by atoms with van der Waals surface area (Å²) in [6.45, 7) is 1.81. The molecular weight excluding hydrogens is 258 g/mol. The first-order chi connectivity index (χ1) is 9.52. The Kier molecular flexibility index (Phi) is 4.05. The second-order valence-corrected chi connectivity index (χ2v) is 4.47. The third-order valence-electron chi connectivity index (χ3n) is 2.95. The maximum absolute atomic E-state index is 11.4. The van der Waals surface area contributed by atoms with Crippen molar-refractivity contribution in [2.75, 3.05) is 6.61 Å². The van der Waals surface area contributed by atoms with Crippen molar-refractivity contribution < 1.29 is 14.6 Å². The lowest BCUT2D eigenvalue weighted by molar-refractivity contribution is 0.0997. The fourth-order valence-electron chi connectivity index (χ4n) is 2.00. The van der Waals surface area contributed by atoms with E-state index in [9.17, 15) is 4.79 Å². The fraction of sp³-hybridized carbons (Fsp3) is 0.286. The van der Waals surface area contributed by atoms with Gasteiger partial charge in [0, 0.05) is 13.7 Å². The second kappa shape index (κ2) is 5.75. The van der Waals surface area contributed by atoms with E-state index in [1.807, 2.05) is 12.1 Å². The van der Waals surface area contributed by atoms with E-state index in [-0.39, 0.29) is 12.2 Å². The smallest absolute Gasteiger partial charge is 0.256 e. The number of amides is 1. The molecule has 3 N–H and O–H groups in total. The van der Waals surface area contributed by atoms with Crippen LogP contribution in [0.25, 0.3) is 0 Å². The van der Waals surface area contributed by atoms with Gasteiger partial charge in [-0.3, -0.25) is 4.79 Å². The lowest BCUT2D eigenvalue weighted by Gasteiger charge is -2.08. The van der Waals surface area contributed by atoms with Gasteiger partial charge in [-0.2, -0.15) is 5.10 Å². The Labute approximate surface area is 116 Å². The molecule has 1 heterocycles. The molecule has 106 valence electrons. The minimum absolute atomic E-state index is 0.104. The first kappa shape index (κ1) is 14.1. The molecule has 0 bridgehead atoms. The summed E-state index contributed by atoms with van der Waals surface area (Å²) in [6, 6.07) is 7.27. The number of aromatic nitrogens is 2. The molecule has 2 aromatic rings. The summed E-state index contributed by atoms with van der Waals surface area (Å²) >= 11 is 0. The Bertz CT molecular complexity index is 617. The van der Waals surface area contributed by atoms with Crippen LogP contribution in [0.5, 0.6) is 11.6 Å². The molecule has 1 amide bonds. The standard InChI is InChI=1S/C14H17N3O3/c1-9-12(13(15)19)14(17(2)16-9)20-11-5-3-10(4-6-11)7-8-18/h3-6,18H,7-8H2,1-2H3,(H2,15,19). The van der Waals surface area contributed by atoms with Gasteiger partial charge in [-0.1, -0.05) is 12.1 Å². The third-order valence-corrected chi connectivity index (χ3v) is 2.95. The summed E-state index contributed by atoms with van der Waals surface area (Å²) in [6.07, 6.45) is 0.595. The van der Waals surface area contributed by atoms with Gasteiger partial charge in [-0.15, -0.1) is 0 Å². The van der Waals surface area contributed by atoms with E-state index >= 15 is 0 Å². The van der Waals surface area contributed by atoms with Gasteiger partial charge in [-0.25, -0.2) is 4.68 Å². The number of aryl methyl sites for hydroxylation is 2. The highest BCUT2D eigenvalue weighted by Gasteiger charge is 2.19. The highest BCUT2D eigenvalue weighted by molar-refractivity contribution is 5.96. The highest BCUT2D eigenvalue weighted by Crippen LogP contribution is 2.27. The van der Waals surface area contributed by atoms with Gasteiger partial charge in [0.2, 0.25) is 5.88 Å². The third kappa shape index (κ3) is 2.80. The molecule has 0 fully saturated rings. The number of benzene rings is 1. The van der Waals surface area contributed by atoms with Crippen LogP contribution in [0.4, 0.5) is 0 Å². The first-order valence-corrected chi connectivity index (χ1v) is 6.24. The van der Waals surface area contributed by atoms with Crippen LogP contribution in [0.1, 0.15) is 21.6 Å². The number of carbonyl (C=O) groups is 1. The highest BCUT2D eigenvalue weighted by atomic mass is 16.5. The molecule has 0 saturated carbocycles. The number of aliphatic hydroxyl groups excluding tert-OH is 1. The summed E-state index contributed by atoms with van der Waals surface area (Å²) in [5, 5.41) is 13.0. The van der Waals surface area contributed by atoms with Gasteiger partial charge in [0.1, 0.15) is 11.3 Å². The van der Waals surface area contributed by atoms with Crippen LogP contribution in [0.2, 0.25) is 0 Å². The van der Waals surface area contributed by atoms with Crippen LogP contribution in [0.15, 0.2) is 24.3 Å². The minimum Gasteiger partial charge on any atom is -0.438 e. The molecule has 6 nitrogen and oxygen atoms in total. The number of primary amides is 1. The Hall–Kier alpha value is -2.34. The van der Waals surface area contributed by atoms with Gasteiger partial charge in [-0.05, 0) is 31.0 Å². The molecule has 0 radical (unpaired) electrons. The molecule has 0 aliphatic rings. The molecule has 20 heavy (non-hydrogen) atoms. The van der Waals surface area contributed by atoms with Crippen LogP contribution >= 0.6 is 0 Å². The Morgan fingerprint density at radius 1 is 1.40 bits per heavy atom. The number of hydrogen-bond acceptors (Lipinski definition) is 4. The normalized spacial score (nSPS) is 10.6. The Morgan fingerprint density at radius 3 is 2.60 bits per heavy atom. The van der Waals surface area contributed by atoms with Crippen molar-refractivity contribution in [1.29, 1.82) is 0 Å². The number of nitrogens with two attached hydrogens (primary N) is 1. The van der Waals surface area contributed by atoms with Gasteiger partial charge in [0.05, 0.1) is 5.69 Å².